The Kier molecular flexibility index (Phi) is 3.79. The lowest BCUT2D eigenvalue weighted by Crippen LogP contribution is -2.22. The zero-order chi connectivity index (χ0) is 13.1. The van der Waals surface area contributed by atoms with Gasteiger partial charge >= 0.3 is 0 Å². The molecule has 0 aliphatic carbocycles. The predicted octanol–water partition coefficient (Wildman–Crippen LogP) is 1.77. The molecule has 0 aromatic carbocycles. The number of hydrogen-bond acceptors (Lipinski definition) is 5. The van der Waals surface area contributed by atoms with Crippen molar-refractivity contribution in [3.05, 3.63) is 11.9 Å². The molecule has 1 aliphatic rings. The van der Waals surface area contributed by atoms with Gasteiger partial charge in [0.15, 0.2) is 5.78 Å². The van der Waals surface area contributed by atoms with E-state index in [4.69, 9.17) is 0 Å². The highest BCUT2D eigenvalue weighted by atomic mass is 16.1. The summed E-state index contributed by atoms with van der Waals surface area (Å²) in [4.78, 5) is 22.1. The molecule has 5 nitrogen and oxygen atoms in total. The molecule has 98 valence electrons. The van der Waals surface area contributed by atoms with Gasteiger partial charge in [0.2, 0.25) is 0 Å². The van der Waals surface area contributed by atoms with Crippen LogP contribution in [0.25, 0.3) is 0 Å². The maximum atomic E-state index is 11.3. The molecule has 1 fully saturated rings. The number of aryl methyl sites for hydroxylation is 1. The molecule has 5 heteroatoms. The second-order valence-electron chi connectivity index (χ2n) is 4.82. The Morgan fingerprint density at radius 2 is 2.28 bits per heavy atom. The number of carbonyl (C=O) groups is 1. The zero-order valence-electron chi connectivity index (χ0n) is 11.2. The Balaban J connectivity index is 2.18. The number of carbonyl (C=O) groups excluding carboxylic acids is 1. The Morgan fingerprint density at radius 3 is 2.89 bits per heavy atom. The topological polar surface area (TPSA) is 58.1 Å². The van der Waals surface area contributed by atoms with Gasteiger partial charge in [-0.1, -0.05) is 6.92 Å². The monoisotopic (exact) mass is 248 g/mol. The van der Waals surface area contributed by atoms with Crippen molar-refractivity contribution in [1.82, 2.24) is 9.97 Å². The molecule has 0 saturated carbocycles. The van der Waals surface area contributed by atoms with Crippen molar-refractivity contribution in [1.29, 1.82) is 0 Å². The largest absolute Gasteiger partial charge is 0.367 e. The van der Waals surface area contributed by atoms with Gasteiger partial charge in [-0.25, -0.2) is 9.97 Å². The summed E-state index contributed by atoms with van der Waals surface area (Å²) in [5.74, 6) is 2.70. The van der Waals surface area contributed by atoms with Gasteiger partial charge in [0.1, 0.15) is 17.5 Å². The van der Waals surface area contributed by atoms with Crippen LogP contribution in [0.15, 0.2) is 6.07 Å². The maximum Gasteiger partial charge on any atom is 0.153 e. The van der Waals surface area contributed by atoms with E-state index in [1.165, 1.54) is 0 Å². The average molecular weight is 248 g/mol. The van der Waals surface area contributed by atoms with Crippen LogP contribution in [0.3, 0.4) is 0 Å². The van der Waals surface area contributed by atoms with Gasteiger partial charge in [-0.2, -0.15) is 0 Å². The number of ketones is 1. The first-order valence-corrected chi connectivity index (χ1v) is 6.47. The summed E-state index contributed by atoms with van der Waals surface area (Å²) in [6.07, 6.45) is 1.66. The van der Waals surface area contributed by atoms with Gasteiger partial charge in [-0.15, -0.1) is 0 Å². The molecule has 2 rings (SSSR count). The van der Waals surface area contributed by atoms with Crippen LogP contribution < -0.4 is 10.2 Å². The Bertz CT molecular complexity index is 447. The number of aromatic nitrogens is 2. The molecule has 0 bridgehead atoms. The third-order valence-corrected chi connectivity index (χ3v) is 3.18. The van der Waals surface area contributed by atoms with Gasteiger partial charge < -0.3 is 10.2 Å². The predicted molar refractivity (Wildman–Crippen MR) is 72.0 cm³/mol. The molecule has 2 heterocycles. The molecular formula is C13H20N4O. The molecule has 1 N–H and O–H groups in total. The van der Waals surface area contributed by atoms with Crippen LogP contribution >= 0.6 is 0 Å². The quantitative estimate of drug-likeness (QED) is 0.880. The standard InChI is InChI=1S/C13H20N4O/c1-4-9(2)14-12-7-13(16-10(3)15-12)17-6-5-11(18)8-17/h7,9H,4-6,8H2,1-3H3,(H,14,15,16). The summed E-state index contributed by atoms with van der Waals surface area (Å²) >= 11 is 0. The van der Waals surface area contributed by atoms with E-state index in [1.54, 1.807) is 0 Å². The number of hydrogen-bond donors (Lipinski definition) is 1. The Morgan fingerprint density at radius 1 is 1.50 bits per heavy atom. The SMILES string of the molecule is CCC(C)Nc1cc(N2CCC(=O)C2)nc(C)n1. The van der Waals surface area contributed by atoms with Gasteiger partial charge in [0.05, 0.1) is 6.54 Å². The molecule has 0 radical (unpaired) electrons. The van der Waals surface area contributed by atoms with Crippen LogP contribution in [0.1, 0.15) is 32.5 Å². The van der Waals surface area contributed by atoms with Crippen LogP contribution in [0.2, 0.25) is 0 Å². The number of nitrogens with zero attached hydrogens (tertiary/aromatic N) is 3. The molecule has 0 amide bonds. The molecule has 1 saturated heterocycles. The van der Waals surface area contributed by atoms with E-state index in [0.717, 1.165) is 30.4 Å². The van der Waals surface area contributed by atoms with Crippen molar-refractivity contribution in [2.45, 2.75) is 39.7 Å². The highest BCUT2D eigenvalue weighted by Crippen LogP contribution is 2.20. The molecule has 1 aromatic heterocycles. The maximum absolute atomic E-state index is 11.3. The number of anilines is 2. The summed E-state index contributed by atoms with van der Waals surface area (Å²) in [7, 11) is 0. The minimum Gasteiger partial charge on any atom is -0.367 e. The third-order valence-electron chi connectivity index (χ3n) is 3.18. The fraction of sp³-hybridized carbons (Fsp3) is 0.615. The Labute approximate surface area is 108 Å². The van der Waals surface area contributed by atoms with Crippen LogP contribution in [-0.4, -0.2) is 34.9 Å². The normalized spacial score (nSPS) is 17.1. The van der Waals surface area contributed by atoms with Crippen molar-refractivity contribution in [3.8, 4) is 0 Å². The average Bonchev–Trinajstić information content (AvgIpc) is 2.75. The van der Waals surface area contributed by atoms with Gasteiger partial charge in [0, 0.05) is 25.1 Å². The highest BCUT2D eigenvalue weighted by Gasteiger charge is 2.21. The number of rotatable bonds is 4. The third kappa shape index (κ3) is 2.97. The minimum atomic E-state index is 0.280. The van der Waals surface area contributed by atoms with E-state index in [9.17, 15) is 4.79 Å². The number of nitrogens with one attached hydrogen (secondary N) is 1. The van der Waals surface area contributed by atoms with Crippen molar-refractivity contribution >= 4 is 17.4 Å². The summed E-state index contributed by atoms with van der Waals surface area (Å²) in [6, 6.07) is 2.31. The highest BCUT2D eigenvalue weighted by molar-refractivity contribution is 5.86. The molecular weight excluding hydrogens is 228 g/mol. The van der Waals surface area contributed by atoms with E-state index >= 15 is 0 Å². The molecule has 1 unspecified atom stereocenters. The lowest BCUT2D eigenvalue weighted by atomic mass is 10.2. The first kappa shape index (κ1) is 12.8. The lowest BCUT2D eigenvalue weighted by Gasteiger charge is -2.18. The lowest BCUT2D eigenvalue weighted by molar-refractivity contribution is -0.116. The van der Waals surface area contributed by atoms with Crippen LogP contribution in [0, 0.1) is 6.92 Å². The van der Waals surface area contributed by atoms with Gasteiger partial charge in [0.25, 0.3) is 0 Å². The molecule has 18 heavy (non-hydrogen) atoms. The Hall–Kier alpha value is -1.65. The van der Waals surface area contributed by atoms with Crippen molar-refractivity contribution < 1.29 is 4.79 Å². The van der Waals surface area contributed by atoms with Crippen LogP contribution in [0.5, 0.6) is 0 Å². The van der Waals surface area contributed by atoms with E-state index in [2.05, 4.69) is 29.1 Å². The second-order valence-corrected chi connectivity index (χ2v) is 4.82. The minimum absolute atomic E-state index is 0.280. The molecule has 1 aliphatic heterocycles. The van der Waals surface area contributed by atoms with Crippen LogP contribution in [0.4, 0.5) is 11.6 Å². The molecule has 1 aromatic rings. The fourth-order valence-corrected chi connectivity index (χ4v) is 1.97. The van der Waals surface area contributed by atoms with Crippen molar-refractivity contribution in [2.24, 2.45) is 0 Å². The second kappa shape index (κ2) is 5.33. The van der Waals surface area contributed by atoms with Crippen molar-refractivity contribution in [3.63, 3.8) is 0 Å². The summed E-state index contributed by atoms with van der Waals surface area (Å²) in [6.45, 7) is 7.36. The fourth-order valence-electron chi connectivity index (χ4n) is 1.97. The summed E-state index contributed by atoms with van der Waals surface area (Å²) < 4.78 is 0. The zero-order valence-corrected chi connectivity index (χ0v) is 11.2. The van der Waals surface area contributed by atoms with Crippen LogP contribution in [-0.2, 0) is 4.79 Å². The summed E-state index contributed by atoms with van der Waals surface area (Å²) in [5.41, 5.74) is 0. The van der Waals surface area contributed by atoms with E-state index in [-0.39, 0.29) is 5.78 Å². The number of Topliss-reactive ketones (excluding diaryl/α,β-unsaturated/α-hetero) is 1. The van der Waals surface area contributed by atoms with Gasteiger partial charge in [-0.3, -0.25) is 4.79 Å². The summed E-state index contributed by atoms with van der Waals surface area (Å²) in [5, 5.41) is 3.34. The van der Waals surface area contributed by atoms with Crippen molar-refractivity contribution in [2.75, 3.05) is 23.3 Å². The van der Waals surface area contributed by atoms with E-state index in [1.807, 2.05) is 17.9 Å². The first-order valence-electron chi connectivity index (χ1n) is 6.47. The first-order chi connectivity index (χ1) is 8.58. The smallest absolute Gasteiger partial charge is 0.153 e. The molecule has 0 spiro atoms. The molecule has 1 atom stereocenters. The van der Waals surface area contributed by atoms with E-state index in [0.29, 0.717) is 19.0 Å². The van der Waals surface area contributed by atoms with E-state index < -0.39 is 0 Å². The van der Waals surface area contributed by atoms with Gasteiger partial charge in [-0.05, 0) is 20.3 Å².